The van der Waals surface area contributed by atoms with Gasteiger partial charge in [0.15, 0.2) is 0 Å². The quantitative estimate of drug-likeness (QED) is 0.747. The summed E-state index contributed by atoms with van der Waals surface area (Å²) in [5.41, 5.74) is 6.41. The Balaban J connectivity index is 1.66. The monoisotopic (exact) mass is 214 g/mol. The molecule has 0 bridgehead atoms. The van der Waals surface area contributed by atoms with Gasteiger partial charge in [-0.15, -0.1) is 0 Å². The maximum absolute atomic E-state index is 11.4. The normalized spacial score (nSPS) is 18.1. The molecule has 0 unspecified atom stereocenters. The number of hydrogen-bond acceptors (Lipinski definition) is 2. The molecular formula is C13H14N2O. The number of fused-ring (bicyclic) bond motifs is 1. The van der Waals surface area contributed by atoms with Crippen LogP contribution in [0.2, 0.25) is 0 Å². The molecule has 0 atom stereocenters. The highest BCUT2D eigenvalue weighted by atomic mass is 16.2. The Morgan fingerprint density at radius 3 is 2.38 bits per heavy atom. The molecule has 82 valence electrons. The van der Waals surface area contributed by atoms with Crippen LogP contribution in [0, 0.1) is 5.92 Å². The number of carbonyl (C=O) groups excluding carboxylic acids is 1. The molecule has 2 aliphatic rings. The molecule has 0 aliphatic heterocycles. The minimum absolute atomic E-state index is 0.0865. The van der Waals surface area contributed by atoms with Crippen molar-refractivity contribution in [3.8, 4) is 0 Å². The minimum atomic E-state index is 0.0865. The van der Waals surface area contributed by atoms with Gasteiger partial charge >= 0.3 is 0 Å². The van der Waals surface area contributed by atoms with E-state index in [0.29, 0.717) is 0 Å². The SMILES string of the molecule is O=C(NN=C1Cc2ccccc2C1)C1CC1. The van der Waals surface area contributed by atoms with Gasteiger partial charge in [0, 0.05) is 24.5 Å². The average molecular weight is 214 g/mol. The first-order valence-corrected chi connectivity index (χ1v) is 5.75. The number of carbonyl (C=O) groups is 1. The molecule has 0 spiro atoms. The van der Waals surface area contributed by atoms with Gasteiger partial charge < -0.3 is 0 Å². The zero-order valence-corrected chi connectivity index (χ0v) is 9.07. The standard InChI is InChI=1S/C13H14N2O/c16-13(9-5-6-9)15-14-12-7-10-3-1-2-4-11(10)8-12/h1-4,9H,5-8H2,(H,15,16). The van der Waals surface area contributed by atoms with Gasteiger partial charge in [-0.3, -0.25) is 4.79 Å². The van der Waals surface area contributed by atoms with Crippen LogP contribution in [-0.4, -0.2) is 11.6 Å². The van der Waals surface area contributed by atoms with Crippen molar-refractivity contribution < 1.29 is 4.79 Å². The lowest BCUT2D eigenvalue weighted by atomic mass is 10.1. The number of hydrazone groups is 1. The highest BCUT2D eigenvalue weighted by Crippen LogP contribution is 2.28. The molecule has 0 saturated heterocycles. The molecular weight excluding hydrogens is 200 g/mol. The lowest BCUT2D eigenvalue weighted by Crippen LogP contribution is -2.21. The van der Waals surface area contributed by atoms with E-state index in [4.69, 9.17) is 0 Å². The number of nitrogens with zero attached hydrogens (tertiary/aromatic N) is 1. The van der Waals surface area contributed by atoms with Crippen molar-refractivity contribution in [2.75, 3.05) is 0 Å². The summed E-state index contributed by atoms with van der Waals surface area (Å²) in [7, 11) is 0. The van der Waals surface area contributed by atoms with Crippen molar-refractivity contribution in [1.29, 1.82) is 0 Å². The summed E-state index contributed by atoms with van der Waals surface area (Å²) in [5.74, 6) is 0.316. The van der Waals surface area contributed by atoms with Gasteiger partial charge in [0.2, 0.25) is 5.91 Å². The molecule has 16 heavy (non-hydrogen) atoms. The molecule has 1 saturated carbocycles. The van der Waals surface area contributed by atoms with Crippen LogP contribution in [0.25, 0.3) is 0 Å². The first-order valence-electron chi connectivity index (χ1n) is 5.75. The molecule has 1 amide bonds. The van der Waals surface area contributed by atoms with E-state index in [-0.39, 0.29) is 11.8 Å². The maximum Gasteiger partial charge on any atom is 0.243 e. The van der Waals surface area contributed by atoms with E-state index >= 15 is 0 Å². The van der Waals surface area contributed by atoms with Gasteiger partial charge in [-0.1, -0.05) is 24.3 Å². The molecule has 2 aliphatic carbocycles. The Hall–Kier alpha value is -1.64. The van der Waals surface area contributed by atoms with Crippen LogP contribution in [0.5, 0.6) is 0 Å². The van der Waals surface area contributed by atoms with Gasteiger partial charge in [-0.2, -0.15) is 5.10 Å². The summed E-state index contributed by atoms with van der Waals surface area (Å²) >= 11 is 0. The van der Waals surface area contributed by atoms with Crippen molar-refractivity contribution in [3.63, 3.8) is 0 Å². The lowest BCUT2D eigenvalue weighted by molar-refractivity contribution is -0.122. The van der Waals surface area contributed by atoms with Crippen LogP contribution < -0.4 is 5.43 Å². The number of benzene rings is 1. The summed E-state index contributed by atoms with van der Waals surface area (Å²) in [6, 6.07) is 8.34. The van der Waals surface area contributed by atoms with E-state index in [0.717, 1.165) is 31.4 Å². The Morgan fingerprint density at radius 2 is 1.81 bits per heavy atom. The van der Waals surface area contributed by atoms with E-state index in [1.165, 1.54) is 11.1 Å². The molecule has 3 nitrogen and oxygen atoms in total. The number of hydrogen-bond donors (Lipinski definition) is 1. The third kappa shape index (κ3) is 1.85. The molecule has 3 rings (SSSR count). The Bertz CT molecular complexity index is 434. The van der Waals surface area contributed by atoms with E-state index in [9.17, 15) is 4.79 Å². The van der Waals surface area contributed by atoms with Gasteiger partial charge in [0.25, 0.3) is 0 Å². The van der Waals surface area contributed by atoms with Crippen LogP contribution in [0.1, 0.15) is 24.0 Å². The van der Waals surface area contributed by atoms with E-state index in [2.05, 4.69) is 22.7 Å². The fraction of sp³-hybridized carbons (Fsp3) is 0.385. The van der Waals surface area contributed by atoms with Crippen LogP contribution in [0.3, 0.4) is 0 Å². The zero-order valence-electron chi connectivity index (χ0n) is 9.07. The highest BCUT2D eigenvalue weighted by molar-refractivity contribution is 5.93. The van der Waals surface area contributed by atoms with Crippen molar-refractivity contribution >= 4 is 11.6 Å². The second kappa shape index (κ2) is 3.74. The summed E-state index contributed by atoms with van der Waals surface area (Å²) in [5, 5.41) is 4.22. The molecule has 1 aromatic carbocycles. The average Bonchev–Trinajstić information content (AvgIpc) is 3.06. The number of rotatable bonds is 2. The maximum atomic E-state index is 11.4. The zero-order chi connectivity index (χ0) is 11.0. The van der Waals surface area contributed by atoms with E-state index in [1.54, 1.807) is 0 Å². The smallest absolute Gasteiger partial charge is 0.243 e. The summed E-state index contributed by atoms with van der Waals surface area (Å²) in [4.78, 5) is 11.4. The van der Waals surface area contributed by atoms with Gasteiger partial charge in [0.1, 0.15) is 0 Å². The molecule has 1 aromatic rings. The van der Waals surface area contributed by atoms with E-state index in [1.807, 2.05) is 12.1 Å². The van der Waals surface area contributed by atoms with Crippen molar-refractivity contribution in [1.82, 2.24) is 5.43 Å². The predicted octanol–water partition coefficient (Wildman–Crippen LogP) is 1.67. The third-order valence-corrected chi connectivity index (χ3v) is 3.18. The highest BCUT2D eigenvalue weighted by Gasteiger charge is 2.29. The van der Waals surface area contributed by atoms with Crippen LogP contribution >= 0.6 is 0 Å². The van der Waals surface area contributed by atoms with Crippen LogP contribution in [0.15, 0.2) is 29.4 Å². The summed E-state index contributed by atoms with van der Waals surface area (Å²) in [6.45, 7) is 0. The summed E-state index contributed by atoms with van der Waals surface area (Å²) < 4.78 is 0. The van der Waals surface area contributed by atoms with Gasteiger partial charge in [-0.25, -0.2) is 5.43 Å². The van der Waals surface area contributed by atoms with Gasteiger partial charge in [-0.05, 0) is 24.0 Å². The van der Waals surface area contributed by atoms with Crippen LogP contribution in [0.4, 0.5) is 0 Å². The van der Waals surface area contributed by atoms with Crippen LogP contribution in [-0.2, 0) is 17.6 Å². The largest absolute Gasteiger partial charge is 0.273 e. The van der Waals surface area contributed by atoms with Crippen molar-refractivity contribution in [2.24, 2.45) is 11.0 Å². The Labute approximate surface area is 94.6 Å². The molecule has 0 radical (unpaired) electrons. The fourth-order valence-electron chi connectivity index (χ4n) is 2.05. The third-order valence-electron chi connectivity index (χ3n) is 3.18. The number of nitrogens with one attached hydrogen (secondary N) is 1. The predicted molar refractivity (Wildman–Crippen MR) is 62.2 cm³/mol. The molecule has 3 heteroatoms. The lowest BCUT2D eigenvalue weighted by Gasteiger charge is -1.98. The Kier molecular flexibility index (Phi) is 2.24. The second-order valence-corrected chi connectivity index (χ2v) is 4.55. The minimum Gasteiger partial charge on any atom is -0.273 e. The van der Waals surface area contributed by atoms with Crippen molar-refractivity contribution in [2.45, 2.75) is 25.7 Å². The summed E-state index contributed by atoms with van der Waals surface area (Å²) in [6.07, 6.45) is 3.80. The molecule has 1 fully saturated rings. The van der Waals surface area contributed by atoms with Gasteiger partial charge in [0.05, 0.1) is 0 Å². The topological polar surface area (TPSA) is 41.5 Å². The van der Waals surface area contributed by atoms with Crippen molar-refractivity contribution in [3.05, 3.63) is 35.4 Å². The second-order valence-electron chi connectivity index (χ2n) is 4.55. The number of amides is 1. The first kappa shape index (κ1) is 9.58. The molecule has 0 aromatic heterocycles. The molecule has 1 N–H and O–H groups in total. The first-order chi connectivity index (χ1) is 7.83. The fourth-order valence-corrected chi connectivity index (χ4v) is 2.05. The Morgan fingerprint density at radius 1 is 1.19 bits per heavy atom. The molecule has 0 heterocycles. The van der Waals surface area contributed by atoms with E-state index < -0.39 is 0 Å².